The molecular weight excluding hydrogens is 290 g/mol. The zero-order valence-electron chi connectivity index (χ0n) is 12.6. The smallest absolute Gasteiger partial charge is 0.276 e. The predicted octanol–water partition coefficient (Wildman–Crippen LogP) is 2.14. The first kappa shape index (κ1) is 14.0. The number of pyridine rings is 1. The molecule has 3 heterocycles. The van der Waals surface area contributed by atoms with Crippen LogP contribution in [-0.4, -0.2) is 28.2 Å². The maximum absolute atomic E-state index is 7.72. The maximum Gasteiger partial charge on any atom is 0.276 e. The average molecular weight is 307 g/mol. The summed E-state index contributed by atoms with van der Waals surface area (Å²) in [5.41, 5.74) is 2.87. The van der Waals surface area contributed by atoms with E-state index in [4.69, 9.17) is 10.4 Å². The Labute approximate surface area is 133 Å². The van der Waals surface area contributed by atoms with E-state index < -0.39 is 0 Å². The van der Waals surface area contributed by atoms with Crippen LogP contribution in [0.1, 0.15) is 18.2 Å². The molecule has 0 aliphatic carbocycles. The fraction of sp³-hybridized carbons (Fsp3) is 0.235. The summed E-state index contributed by atoms with van der Waals surface area (Å²) in [5, 5.41) is 4.86. The van der Waals surface area contributed by atoms with Gasteiger partial charge in [0.05, 0.1) is 19.0 Å². The van der Waals surface area contributed by atoms with Gasteiger partial charge in [0.1, 0.15) is 5.69 Å². The van der Waals surface area contributed by atoms with Crippen LogP contribution in [0.4, 0.5) is 0 Å². The summed E-state index contributed by atoms with van der Waals surface area (Å²) in [6.45, 7) is 1.56. The SMILES string of the molecule is [NH-][NH+]1CC[C@@H](c2noc(-c3cc(-c4ccccc4)ccn3)n2)C1. The van der Waals surface area contributed by atoms with Gasteiger partial charge in [-0.05, 0) is 23.3 Å². The first-order valence-electron chi connectivity index (χ1n) is 7.71. The number of aromatic nitrogens is 3. The van der Waals surface area contributed by atoms with Crippen molar-refractivity contribution in [2.45, 2.75) is 12.3 Å². The lowest BCUT2D eigenvalue weighted by Crippen LogP contribution is -3.03. The molecule has 4 rings (SSSR count). The van der Waals surface area contributed by atoms with E-state index >= 15 is 0 Å². The molecule has 1 aliphatic heterocycles. The van der Waals surface area contributed by atoms with Crippen LogP contribution < -0.4 is 5.01 Å². The summed E-state index contributed by atoms with van der Waals surface area (Å²) in [7, 11) is 0. The highest BCUT2D eigenvalue weighted by atomic mass is 16.5. The summed E-state index contributed by atoms with van der Waals surface area (Å²) in [6.07, 6.45) is 2.68. The van der Waals surface area contributed by atoms with Crippen molar-refractivity contribution in [3.05, 3.63) is 60.3 Å². The van der Waals surface area contributed by atoms with Crippen LogP contribution in [-0.2, 0) is 0 Å². The van der Waals surface area contributed by atoms with Gasteiger partial charge in [0.2, 0.25) is 0 Å². The summed E-state index contributed by atoms with van der Waals surface area (Å²) < 4.78 is 5.40. The third-order valence-electron chi connectivity index (χ3n) is 4.18. The molecule has 0 saturated carbocycles. The van der Waals surface area contributed by atoms with Gasteiger partial charge in [-0.15, -0.1) is 0 Å². The van der Waals surface area contributed by atoms with E-state index in [1.54, 1.807) is 6.20 Å². The molecule has 0 amide bonds. The van der Waals surface area contributed by atoms with Crippen molar-refractivity contribution in [2.24, 2.45) is 0 Å². The van der Waals surface area contributed by atoms with Crippen LogP contribution >= 0.6 is 0 Å². The number of hydrogen-bond acceptors (Lipinski definition) is 4. The molecule has 1 aliphatic rings. The molecule has 1 aromatic carbocycles. The Morgan fingerprint density at radius 3 is 2.78 bits per heavy atom. The minimum atomic E-state index is 0.206. The van der Waals surface area contributed by atoms with Crippen molar-refractivity contribution < 1.29 is 9.53 Å². The van der Waals surface area contributed by atoms with E-state index in [2.05, 4.69) is 27.3 Å². The number of nitrogens with one attached hydrogen (secondary N) is 2. The third-order valence-corrected chi connectivity index (χ3v) is 4.18. The molecule has 2 N–H and O–H groups in total. The summed E-state index contributed by atoms with van der Waals surface area (Å²) in [5.74, 6) is 9.06. The summed E-state index contributed by atoms with van der Waals surface area (Å²) in [4.78, 5) is 8.85. The minimum Gasteiger partial charge on any atom is -0.469 e. The molecule has 1 fully saturated rings. The van der Waals surface area contributed by atoms with Crippen molar-refractivity contribution in [2.75, 3.05) is 13.1 Å². The molecule has 0 bridgehead atoms. The fourth-order valence-electron chi connectivity index (χ4n) is 2.93. The highest BCUT2D eigenvalue weighted by molar-refractivity contribution is 5.67. The van der Waals surface area contributed by atoms with E-state index in [0.717, 1.165) is 35.6 Å². The highest BCUT2D eigenvalue weighted by Gasteiger charge is 2.27. The second-order valence-electron chi connectivity index (χ2n) is 5.80. The molecular formula is C17H17N5O. The zero-order chi connectivity index (χ0) is 15.6. The van der Waals surface area contributed by atoms with Gasteiger partial charge < -0.3 is 15.4 Å². The van der Waals surface area contributed by atoms with Crippen LogP contribution in [0, 0.1) is 0 Å². The Balaban J connectivity index is 1.63. The first-order valence-corrected chi connectivity index (χ1v) is 7.71. The van der Waals surface area contributed by atoms with Gasteiger partial charge in [0.25, 0.3) is 5.89 Å². The molecule has 23 heavy (non-hydrogen) atoms. The van der Waals surface area contributed by atoms with Crippen molar-refractivity contribution in [1.82, 2.24) is 15.1 Å². The standard InChI is InChI=1S/C17H17N5O/c18-22-9-7-14(11-22)16-20-17(23-21-16)15-10-13(6-8-19-15)12-4-2-1-3-5-12/h1-6,8,10,14,18,22H,7,9,11H2/t14-/m1/s1. The third kappa shape index (κ3) is 2.86. The number of quaternary nitrogens is 1. The normalized spacial score (nSPS) is 20.7. The van der Waals surface area contributed by atoms with Gasteiger partial charge in [-0.25, -0.2) is 0 Å². The monoisotopic (exact) mass is 307 g/mol. The number of rotatable bonds is 3. The van der Waals surface area contributed by atoms with Crippen molar-refractivity contribution >= 4 is 0 Å². The van der Waals surface area contributed by atoms with Crippen molar-refractivity contribution in [3.63, 3.8) is 0 Å². The molecule has 116 valence electrons. The second-order valence-corrected chi connectivity index (χ2v) is 5.80. The van der Waals surface area contributed by atoms with Gasteiger partial charge in [0.15, 0.2) is 5.82 Å². The number of benzene rings is 1. The van der Waals surface area contributed by atoms with E-state index in [-0.39, 0.29) is 5.92 Å². The Hall–Kier alpha value is -2.57. The average Bonchev–Trinajstić information content (AvgIpc) is 3.25. The summed E-state index contributed by atoms with van der Waals surface area (Å²) in [6, 6.07) is 14.1. The Bertz CT molecular complexity index is 802. The molecule has 3 aromatic rings. The van der Waals surface area contributed by atoms with Crippen LogP contribution in [0.2, 0.25) is 0 Å². The topological polar surface area (TPSA) is 80.0 Å². The van der Waals surface area contributed by atoms with E-state index in [1.807, 2.05) is 30.3 Å². The Morgan fingerprint density at radius 2 is 2.00 bits per heavy atom. The Kier molecular flexibility index (Phi) is 3.61. The van der Waals surface area contributed by atoms with Gasteiger partial charge in [0, 0.05) is 12.6 Å². The van der Waals surface area contributed by atoms with Crippen molar-refractivity contribution in [1.29, 1.82) is 0 Å². The number of hydrogen-bond donors (Lipinski definition) is 1. The molecule has 2 aromatic heterocycles. The van der Waals surface area contributed by atoms with E-state index in [0.29, 0.717) is 17.4 Å². The van der Waals surface area contributed by atoms with E-state index in [9.17, 15) is 0 Å². The quantitative estimate of drug-likeness (QED) is 0.804. The molecule has 0 spiro atoms. The van der Waals surface area contributed by atoms with Gasteiger partial charge >= 0.3 is 0 Å². The molecule has 0 radical (unpaired) electrons. The lowest BCUT2D eigenvalue weighted by atomic mass is 10.1. The second kappa shape index (κ2) is 5.91. The maximum atomic E-state index is 7.72. The van der Waals surface area contributed by atoms with Gasteiger partial charge in [-0.2, -0.15) is 4.98 Å². The van der Waals surface area contributed by atoms with E-state index in [1.165, 1.54) is 0 Å². The zero-order valence-corrected chi connectivity index (χ0v) is 12.6. The van der Waals surface area contributed by atoms with Crippen molar-refractivity contribution in [3.8, 4) is 22.7 Å². The minimum absolute atomic E-state index is 0.206. The molecule has 1 saturated heterocycles. The fourth-order valence-corrected chi connectivity index (χ4v) is 2.93. The Morgan fingerprint density at radius 1 is 1.13 bits per heavy atom. The lowest BCUT2D eigenvalue weighted by Gasteiger charge is -2.12. The lowest BCUT2D eigenvalue weighted by molar-refractivity contribution is -0.835. The van der Waals surface area contributed by atoms with Gasteiger partial charge in [-0.1, -0.05) is 35.5 Å². The molecule has 6 nitrogen and oxygen atoms in total. The summed E-state index contributed by atoms with van der Waals surface area (Å²) >= 11 is 0. The van der Waals surface area contributed by atoms with Crippen LogP contribution in [0.5, 0.6) is 0 Å². The first-order chi connectivity index (χ1) is 11.3. The number of nitrogens with zero attached hydrogens (tertiary/aromatic N) is 3. The molecule has 2 atom stereocenters. The molecule has 1 unspecified atom stereocenters. The molecule has 6 heteroatoms. The van der Waals surface area contributed by atoms with Crippen LogP contribution in [0.3, 0.4) is 0 Å². The van der Waals surface area contributed by atoms with Gasteiger partial charge in [-0.3, -0.25) is 4.98 Å². The predicted molar refractivity (Wildman–Crippen MR) is 85.3 cm³/mol. The van der Waals surface area contributed by atoms with Crippen LogP contribution in [0.15, 0.2) is 53.2 Å². The van der Waals surface area contributed by atoms with Crippen LogP contribution in [0.25, 0.3) is 28.6 Å². The highest BCUT2D eigenvalue weighted by Crippen LogP contribution is 2.25. The largest absolute Gasteiger partial charge is 0.469 e.